The molecule has 0 aromatic carbocycles. The Kier molecular flexibility index (Phi) is 1.38. The molecule has 0 amide bonds. The van der Waals surface area contributed by atoms with Gasteiger partial charge in [-0.1, -0.05) is 0 Å². The van der Waals surface area contributed by atoms with Gasteiger partial charge in [0.2, 0.25) is 0 Å². The zero-order chi connectivity index (χ0) is 5.98. The highest BCUT2D eigenvalue weighted by atomic mass is 32.2. The van der Waals surface area contributed by atoms with Crippen LogP contribution in [0.4, 0.5) is 0 Å². The average molecular weight is 132 g/mol. The van der Waals surface area contributed by atoms with Gasteiger partial charge < -0.3 is 10.1 Å². The largest absolute Gasteiger partial charge is 0.358 e. The third-order valence-corrected chi connectivity index (χ3v) is 1.42. The Hall–Kier alpha value is -0.710. The van der Waals surface area contributed by atoms with Crippen LogP contribution in [0.2, 0.25) is 0 Å². The van der Waals surface area contributed by atoms with Crippen LogP contribution < -0.4 is 4.72 Å². The van der Waals surface area contributed by atoms with Crippen molar-refractivity contribution in [2.24, 2.45) is 0 Å². The maximum atomic E-state index is 9.86. The first-order valence-corrected chi connectivity index (χ1v) is 3.01. The Morgan fingerprint density at radius 2 is 2.75 bits per heavy atom. The lowest BCUT2D eigenvalue weighted by atomic mass is 10.6. The first-order chi connectivity index (χ1) is 3.80. The summed E-state index contributed by atoms with van der Waals surface area (Å²) >= 11 is 1.33. The molecule has 0 unspecified atom stereocenters. The molecule has 0 atom stereocenters. The molecule has 44 valence electrons. The van der Waals surface area contributed by atoms with Gasteiger partial charge in [0.15, 0.2) is 0 Å². The number of hydrogen-bond acceptors (Lipinski definition) is 4. The van der Waals surface area contributed by atoms with Crippen LogP contribution in [0.5, 0.6) is 0 Å². The van der Waals surface area contributed by atoms with Gasteiger partial charge in [0.05, 0.1) is 17.7 Å². The number of hydrogen-bond donors (Lipinski definition) is 1. The third kappa shape index (κ3) is 0.919. The average Bonchev–Trinajstić information content (AvgIpc) is 2.12. The van der Waals surface area contributed by atoms with Crippen LogP contribution in [0.3, 0.4) is 0 Å². The van der Waals surface area contributed by atoms with Crippen molar-refractivity contribution in [2.75, 3.05) is 5.75 Å². The van der Waals surface area contributed by atoms with E-state index in [4.69, 9.17) is 0 Å². The lowest BCUT2D eigenvalue weighted by molar-refractivity contribution is -0.428. The second kappa shape index (κ2) is 2.04. The molecule has 0 saturated carbocycles. The van der Waals surface area contributed by atoms with Crippen molar-refractivity contribution in [3.05, 3.63) is 22.0 Å². The van der Waals surface area contributed by atoms with Crippen molar-refractivity contribution in [2.45, 2.75) is 0 Å². The fourth-order valence-corrected chi connectivity index (χ4v) is 1.02. The predicted molar refractivity (Wildman–Crippen MR) is 30.7 cm³/mol. The molecule has 0 saturated heterocycles. The van der Waals surface area contributed by atoms with Crippen LogP contribution in [0.25, 0.3) is 0 Å². The summed E-state index contributed by atoms with van der Waals surface area (Å²) in [5, 5.41) is 9.86. The second-order valence-electron chi connectivity index (χ2n) is 1.26. The van der Waals surface area contributed by atoms with Crippen LogP contribution >= 0.6 is 11.9 Å². The van der Waals surface area contributed by atoms with Gasteiger partial charge >= 0.3 is 5.82 Å². The molecule has 1 rings (SSSR count). The van der Waals surface area contributed by atoms with Gasteiger partial charge in [0, 0.05) is 6.08 Å². The number of rotatable bonds is 1. The minimum atomic E-state index is -0.431. The van der Waals surface area contributed by atoms with E-state index in [0.29, 0.717) is 5.75 Å². The molecule has 1 aliphatic heterocycles. The fourth-order valence-electron chi connectivity index (χ4n) is 0.390. The Bertz CT molecular complexity index is 144. The maximum absolute atomic E-state index is 9.86. The van der Waals surface area contributed by atoms with E-state index in [1.54, 1.807) is 6.08 Å². The van der Waals surface area contributed by atoms with Gasteiger partial charge in [0.1, 0.15) is 0 Å². The first kappa shape index (κ1) is 5.43. The van der Waals surface area contributed by atoms with Crippen molar-refractivity contribution in [3.63, 3.8) is 0 Å². The van der Waals surface area contributed by atoms with Crippen molar-refractivity contribution >= 4 is 11.9 Å². The number of nitrogens with zero attached hydrogens (tertiary/aromatic N) is 1. The smallest absolute Gasteiger partial charge is 0.324 e. The third-order valence-electron chi connectivity index (χ3n) is 0.733. The summed E-state index contributed by atoms with van der Waals surface area (Å²) in [7, 11) is 0. The molecule has 0 aromatic heterocycles. The van der Waals surface area contributed by atoms with Crippen LogP contribution in [0.1, 0.15) is 0 Å². The molecule has 0 spiro atoms. The van der Waals surface area contributed by atoms with Crippen molar-refractivity contribution in [1.29, 1.82) is 0 Å². The lowest BCUT2D eigenvalue weighted by Crippen LogP contribution is -2.07. The van der Waals surface area contributed by atoms with Gasteiger partial charge in [0.25, 0.3) is 0 Å². The summed E-state index contributed by atoms with van der Waals surface area (Å²) in [6.45, 7) is 0. The molecular weight excluding hydrogens is 128 g/mol. The van der Waals surface area contributed by atoms with Crippen molar-refractivity contribution in [3.8, 4) is 0 Å². The Balaban J connectivity index is 2.57. The van der Waals surface area contributed by atoms with E-state index in [9.17, 15) is 10.1 Å². The Morgan fingerprint density at radius 1 is 2.00 bits per heavy atom. The highest BCUT2D eigenvalue weighted by Crippen LogP contribution is 2.08. The van der Waals surface area contributed by atoms with Gasteiger partial charge in [-0.25, -0.2) is 4.72 Å². The predicted octanol–water partition coefficient (Wildman–Crippen LogP) is 0.356. The summed E-state index contributed by atoms with van der Waals surface area (Å²) in [5.74, 6) is 0.797. The highest BCUT2D eigenvalue weighted by molar-refractivity contribution is 7.97. The minimum Gasteiger partial charge on any atom is -0.358 e. The van der Waals surface area contributed by atoms with Crippen LogP contribution in [0.15, 0.2) is 11.9 Å². The first-order valence-electron chi connectivity index (χ1n) is 2.03. The number of nitro groups is 1. The SMILES string of the molecule is O=[N+]([O-])C1=CCSN1. The molecule has 5 heteroatoms. The molecule has 0 bridgehead atoms. The van der Waals surface area contributed by atoms with Gasteiger partial charge in [-0.15, -0.1) is 0 Å². The van der Waals surface area contributed by atoms with Gasteiger partial charge in [-0.2, -0.15) is 0 Å². The Labute approximate surface area is 50.2 Å². The molecule has 1 heterocycles. The van der Waals surface area contributed by atoms with E-state index >= 15 is 0 Å². The van der Waals surface area contributed by atoms with Gasteiger partial charge in [-0.3, -0.25) is 0 Å². The van der Waals surface area contributed by atoms with E-state index in [2.05, 4.69) is 4.72 Å². The Morgan fingerprint density at radius 3 is 3.00 bits per heavy atom. The van der Waals surface area contributed by atoms with Crippen LogP contribution in [0, 0.1) is 10.1 Å². The zero-order valence-electron chi connectivity index (χ0n) is 3.96. The number of nitrogens with one attached hydrogen (secondary N) is 1. The van der Waals surface area contributed by atoms with Crippen LogP contribution in [-0.2, 0) is 0 Å². The molecule has 0 aromatic rings. The maximum Gasteiger partial charge on any atom is 0.324 e. The minimum absolute atomic E-state index is 0.106. The van der Waals surface area contributed by atoms with E-state index in [1.807, 2.05) is 0 Å². The molecule has 1 aliphatic rings. The van der Waals surface area contributed by atoms with E-state index in [-0.39, 0.29) is 5.82 Å². The standard InChI is InChI=1S/C3H4N2O2S/c6-5(7)3-1-2-8-4-3/h1,4H,2H2. The second-order valence-corrected chi connectivity index (χ2v) is 2.09. The monoisotopic (exact) mass is 132 g/mol. The molecular formula is C3H4N2O2S. The van der Waals surface area contributed by atoms with Crippen molar-refractivity contribution in [1.82, 2.24) is 4.72 Å². The summed E-state index contributed by atoms with van der Waals surface area (Å²) in [6.07, 6.45) is 1.55. The molecule has 4 nitrogen and oxygen atoms in total. The highest BCUT2D eigenvalue weighted by Gasteiger charge is 2.13. The molecule has 0 fully saturated rings. The normalized spacial score (nSPS) is 17.2. The topological polar surface area (TPSA) is 55.2 Å². The molecule has 8 heavy (non-hydrogen) atoms. The van der Waals surface area contributed by atoms with E-state index < -0.39 is 4.92 Å². The summed E-state index contributed by atoms with van der Waals surface area (Å²) < 4.78 is 2.53. The van der Waals surface area contributed by atoms with E-state index in [0.717, 1.165) is 0 Å². The summed E-state index contributed by atoms with van der Waals surface area (Å²) in [6, 6.07) is 0. The fraction of sp³-hybridized carbons (Fsp3) is 0.333. The molecule has 1 N–H and O–H groups in total. The van der Waals surface area contributed by atoms with E-state index in [1.165, 1.54) is 11.9 Å². The zero-order valence-corrected chi connectivity index (χ0v) is 4.77. The molecule has 0 radical (unpaired) electrons. The summed E-state index contributed by atoms with van der Waals surface area (Å²) in [4.78, 5) is 9.43. The van der Waals surface area contributed by atoms with Gasteiger partial charge in [-0.05, 0) is 4.92 Å². The summed E-state index contributed by atoms with van der Waals surface area (Å²) in [5.41, 5.74) is 0. The molecule has 0 aliphatic carbocycles. The van der Waals surface area contributed by atoms with Crippen LogP contribution in [-0.4, -0.2) is 10.7 Å². The van der Waals surface area contributed by atoms with Crippen molar-refractivity contribution < 1.29 is 4.92 Å². The lowest BCUT2D eigenvalue weighted by Gasteiger charge is -1.90. The quantitative estimate of drug-likeness (QED) is 0.318.